The number of hydrogen-bond donors (Lipinski definition) is 0. The van der Waals surface area contributed by atoms with E-state index in [1.807, 2.05) is 0 Å². The Hall–Kier alpha value is -2.85. The van der Waals surface area contributed by atoms with E-state index in [0.717, 1.165) is 27.9 Å². The fraction of sp³-hybridized carbons (Fsp3) is 0.692. The molecule has 1 rings (SSSR count). The first kappa shape index (κ1) is 20.2. The molecule has 0 aromatic carbocycles. The first-order chi connectivity index (χ1) is 11.7. The third kappa shape index (κ3) is 5.33. The number of esters is 4. The molecule has 12 heteroatoms. The molecule has 1 saturated heterocycles. The topological polar surface area (TPSA) is 163 Å². The molecular weight excluding hydrogens is 342 g/mol. The molecule has 138 valence electrons. The van der Waals surface area contributed by atoms with Gasteiger partial charge in [-0.3, -0.25) is 14.4 Å². The van der Waals surface area contributed by atoms with Gasteiger partial charge < -0.3 is 23.7 Å². The molecule has 0 N–H and O–H groups in total. The van der Waals surface area contributed by atoms with E-state index < -0.39 is 54.5 Å². The molecule has 1 aliphatic rings. The van der Waals surface area contributed by atoms with E-state index in [4.69, 9.17) is 24.5 Å². The van der Waals surface area contributed by atoms with Crippen LogP contribution < -0.4 is 0 Å². The average Bonchev–Trinajstić information content (AvgIpc) is 2.50. The third-order valence-corrected chi connectivity index (χ3v) is 3.02. The van der Waals surface area contributed by atoms with Crippen molar-refractivity contribution in [3.8, 4) is 0 Å². The van der Waals surface area contributed by atoms with Gasteiger partial charge in [0.05, 0.1) is 7.11 Å². The van der Waals surface area contributed by atoms with Gasteiger partial charge in [-0.15, -0.1) is 0 Å². The number of azide groups is 1. The summed E-state index contributed by atoms with van der Waals surface area (Å²) in [5, 5.41) is 3.30. The first-order valence-corrected chi connectivity index (χ1v) is 7.00. The molecule has 25 heavy (non-hydrogen) atoms. The molecule has 0 saturated carbocycles. The number of rotatable bonds is 5. The highest BCUT2D eigenvalue weighted by Gasteiger charge is 2.54. The maximum atomic E-state index is 11.9. The number of methoxy groups -OCH3 is 1. The van der Waals surface area contributed by atoms with Gasteiger partial charge in [-0.25, -0.2) is 4.79 Å². The number of nitrogens with zero attached hydrogens (tertiary/aromatic N) is 3. The van der Waals surface area contributed by atoms with Crippen LogP contribution in [0.2, 0.25) is 0 Å². The SMILES string of the molecule is COC(=O)[C@H]1O[C@H](N=[N+]=[N-])[C@H](OC(C)=O)[C@@H](OC(C)=O)[C@H]1OC(C)=O. The lowest BCUT2D eigenvalue weighted by Gasteiger charge is -2.42. The van der Waals surface area contributed by atoms with Crippen molar-refractivity contribution < 1.29 is 42.9 Å². The van der Waals surface area contributed by atoms with Gasteiger partial charge in [-0.1, -0.05) is 5.11 Å². The van der Waals surface area contributed by atoms with E-state index in [1.54, 1.807) is 0 Å². The third-order valence-electron chi connectivity index (χ3n) is 3.02. The monoisotopic (exact) mass is 359 g/mol. The Morgan fingerprint density at radius 1 is 0.920 bits per heavy atom. The van der Waals surface area contributed by atoms with E-state index in [9.17, 15) is 19.2 Å². The Kier molecular flexibility index (Phi) is 7.15. The van der Waals surface area contributed by atoms with Crippen LogP contribution in [-0.4, -0.2) is 61.6 Å². The summed E-state index contributed by atoms with van der Waals surface area (Å²) in [5.74, 6) is -3.40. The van der Waals surface area contributed by atoms with Crippen LogP contribution >= 0.6 is 0 Å². The zero-order valence-corrected chi connectivity index (χ0v) is 13.9. The second kappa shape index (κ2) is 8.85. The van der Waals surface area contributed by atoms with Gasteiger partial charge in [0.2, 0.25) is 0 Å². The lowest BCUT2D eigenvalue weighted by molar-refractivity contribution is -0.247. The smallest absolute Gasteiger partial charge is 0.339 e. The van der Waals surface area contributed by atoms with Crippen LogP contribution in [0.25, 0.3) is 10.4 Å². The van der Waals surface area contributed by atoms with Crippen molar-refractivity contribution in [1.29, 1.82) is 0 Å². The first-order valence-electron chi connectivity index (χ1n) is 7.00. The molecule has 0 aromatic rings. The molecule has 1 heterocycles. The van der Waals surface area contributed by atoms with E-state index in [1.165, 1.54) is 0 Å². The van der Waals surface area contributed by atoms with Crippen LogP contribution in [0.15, 0.2) is 5.11 Å². The highest BCUT2D eigenvalue weighted by Crippen LogP contribution is 2.30. The fourth-order valence-electron chi connectivity index (χ4n) is 2.24. The summed E-state index contributed by atoms with van der Waals surface area (Å²) in [6.45, 7) is 3.17. The van der Waals surface area contributed by atoms with Crippen LogP contribution in [0.5, 0.6) is 0 Å². The molecule has 12 nitrogen and oxygen atoms in total. The van der Waals surface area contributed by atoms with Crippen molar-refractivity contribution in [2.75, 3.05) is 7.11 Å². The summed E-state index contributed by atoms with van der Waals surface area (Å²) in [7, 11) is 1.05. The minimum atomic E-state index is -1.57. The quantitative estimate of drug-likeness (QED) is 0.216. The van der Waals surface area contributed by atoms with E-state index in [-0.39, 0.29) is 0 Å². The molecule has 0 amide bonds. The molecule has 1 fully saturated rings. The largest absolute Gasteiger partial charge is 0.467 e. The van der Waals surface area contributed by atoms with Crippen molar-refractivity contribution in [3.05, 3.63) is 10.4 Å². The van der Waals surface area contributed by atoms with Crippen molar-refractivity contribution in [2.45, 2.75) is 51.4 Å². The summed E-state index contributed by atoms with van der Waals surface area (Å²) in [4.78, 5) is 48.6. The fourth-order valence-corrected chi connectivity index (χ4v) is 2.24. The summed E-state index contributed by atoms with van der Waals surface area (Å²) in [6, 6.07) is 0. The normalized spacial score (nSPS) is 28.1. The highest BCUT2D eigenvalue weighted by atomic mass is 16.7. The van der Waals surface area contributed by atoms with E-state index >= 15 is 0 Å². The molecule has 0 spiro atoms. The second-order valence-electron chi connectivity index (χ2n) is 4.90. The number of carbonyl (C=O) groups excluding carboxylic acids is 4. The number of ether oxygens (including phenoxy) is 5. The molecule has 1 aliphatic heterocycles. The van der Waals surface area contributed by atoms with Gasteiger partial charge in [0.25, 0.3) is 0 Å². The number of carbonyl (C=O) groups is 4. The molecular formula is C13H17N3O9. The Labute approximate surface area is 141 Å². The van der Waals surface area contributed by atoms with Crippen LogP contribution in [0.3, 0.4) is 0 Å². The summed E-state index contributed by atoms with van der Waals surface area (Å²) >= 11 is 0. The molecule has 0 unspecified atom stereocenters. The Bertz CT molecular complexity index is 602. The zero-order valence-electron chi connectivity index (χ0n) is 13.9. The molecule has 0 aromatic heterocycles. The number of hydrogen-bond acceptors (Lipinski definition) is 10. The Morgan fingerprint density at radius 2 is 1.40 bits per heavy atom. The maximum Gasteiger partial charge on any atom is 0.339 e. The van der Waals surface area contributed by atoms with Gasteiger partial charge in [-0.05, 0) is 5.53 Å². The summed E-state index contributed by atoms with van der Waals surface area (Å²) in [6.07, 6.45) is -7.47. The van der Waals surface area contributed by atoms with Crippen molar-refractivity contribution in [1.82, 2.24) is 0 Å². The average molecular weight is 359 g/mol. The molecule has 0 bridgehead atoms. The lowest BCUT2D eigenvalue weighted by Crippen LogP contribution is -2.62. The second-order valence-corrected chi connectivity index (χ2v) is 4.90. The van der Waals surface area contributed by atoms with Gasteiger partial charge >= 0.3 is 23.9 Å². The van der Waals surface area contributed by atoms with Crippen LogP contribution in [0.4, 0.5) is 0 Å². The highest BCUT2D eigenvalue weighted by molar-refractivity contribution is 5.77. The van der Waals surface area contributed by atoms with Crippen LogP contribution in [0, 0.1) is 0 Å². The zero-order chi connectivity index (χ0) is 19.1. The summed E-state index contributed by atoms with van der Waals surface area (Å²) in [5.41, 5.74) is 8.66. The summed E-state index contributed by atoms with van der Waals surface area (Å²) < 4.78 is 24.9. The van der Waals surface area contributed by atoms with Gasteiger partial charge in [0.15, 0.2) is 30.6 Å². The minimum Gasteiger partial charge on any atom is -0.467 e. The maximum absolute atomic E-state index is 11.9. The Morgan fingerprint density at radius 3 is 1.84 bits per heavy atom. The lowest BCUT2D eigenvalue weighted by atomic mass is 9.97. The predicted molar refractivity (Wildman–Crippen MR) is 76.5 cm³/mol. The Balaban J connectivity index is 3.38. The van der Waals surface area contributed by atoms with Crippen molar-refractivity contribution in [2.24, 2.45) is 5.11 Å². The van der Waals surface area contributed by atoms with E-state index in [2.05, 4.69) is 14.8 Å². The van der Waals surface area contributed by atoms with Crippen molar-refractivity contribution >= 4 is 23.9 Å². The van der Waals surface area contributed by atoms with E-state index in [0.29, 0.717) is 0 Å². The predicted octanol–water partition coefficient (Wildman–Crippen LogP) is -0.0103. The standard InChI is InChI=1S/C13H17N3O9/c1-5(17)22-8-9(23-6(2)18)11(13(20)21-4)25-12(15-16-14)10(8)24-7(3)19/h8-12H,1-4H3/t8-,9+,10+,11-,12-/m0/s1. The van der Waals surface area contributed by atoms with Gasteiger partial charge in [0, 0.05) is 25.7 Å². The van der Waals surface area contributed by atoms with Crippen LogP contribution in [-0.2, 0) is 42.9 Å². The van der Waals surface area contributed by atoms with Crippen molar-refractivity contribution in [3.63, 3.8) is 0 Å². The van der Waals surface area contributed by atoms with Crippen LogP contribution in [0.1, 0.15) is 20.8 Å². The molecule has 5 atom stereocenters. The van der Waals surface area contributed by atoms with Gasteiger partial charge in [-0.2, -0.15) is 0 Å². The molecule has 0 radical (unpaired) electrons. The minimum absolute atomic E-state index is 0.804. The molecule has 0 aliphatic carbocycles. The van der Waals surface area contributed by atoms with Gasteiger partial charge in [0.1, 0.15) is 0 Å².